The number of hydrogen-bond donors (Lipinski definition) is 1. The predicted molar refractivity (Wildman–Crippen MR) is 94.3 cm³/mol. The summed E-state index contributed by atoms with van der Waals surface area (Å²) in [6.45, 7) is 3.64. The summed E-state index contributed by atoms with van der Waals surface area (Å²) in [5, 5.41) is 0. The minimum absolute atomic E-state index is 0.177. The van der Waals surface area contributed by atoms with Crippen molar-refractivity contribution < 1.29 is 4.79 Å². The first-order valence-corrected chi connectivity index (χ1v) is 9.13. The molecule has 1 N–H and O–H groups in total. The van der Waals surface area contributed by atoms with Crippen molar-refractivity contribution in [2.24, 2.45) is 0 Å². The maximum absolute atomic E-state index is 13.0. The van der Waals surface area contributed by atoms with Crippen LogP contribution in [0.15, 0.2) is 24.4 Å². The molecule has 0 spiro atoms. The summed E-state index contributed by atoms with van der Waals surface area (Å²) in [6, 6.07) is 6.32. The Morgan fingerprint density at radius 3 is 2.83 bits per heavy atom. The molecule has 1 atom stereocenters. The van der Waals surface area contributed by atoms with Crippen molar-refractivity contribution in [2.75, 3.05) is 13.1 Å². The van der Waals surface area contributed by atoms with Gasteiger partial charge in [-0.05, 0) is 68.7 Å². The molecule has 0 saturated carbocycles. The van der Waals surface area contributed by atoms with E-state index in [4.69, 9.17) is 0 Å². The van der Waals surface area contributed by atoms with Crippen molar-refractivity contribution in [2.45, 2.75) is 51.4 Å². The van der Waals surface area contributed by atoms with E-state index in [1.54, 1.807) is 0 Å². The van der Waals surface area contributed by atoms with Crippen LogP contribution in [0.5, 0.6) is 0 Å². The van der Waals surface area contributed by atoms with E-state index in [9.17, 15) is 4.79 Å². The van der Waals surface area contributed by atoms with Crippen LogP contribution in [0.3, 0.4) is 0 Å². The van der Waals surface area contributed by atoms with E-state index < -0.39 is 0 Å². The smallest absolute Gasteiger partial charge is 0.253 e. The maximum Gasteiger partial charge on any atom is 0.253 e. The van der Waals surface area contributed by atoms with Gasteiger partial charge in [-0.15, -0.1) is 0 Å². The summed E-state index contributed by atoms with van der Waals surface area (Å²) in [6.07, 6.45) is 8.81. The largest absolute Gasteiger partial charge is 0.346 e. The molecule has 1 saturated heterocycles. The van der Waals surface area contributed by atoms with Crippen LogP contribution in [0.25, 0.3) is 0 Å². The van der Waals surface area contributed by atoms with Gasteiger partial charge in [-0.3, -0.25) is 4.79 Å². The number of fused-ring (bicyclic) bond motifs is 1. The number of nitrogens with zero attached hydrogens (tertiary/aromatic N) is 2. The van der Waals surface area contributed by atoms with Gasteiger partial charge in [0.05, 0.1) is 0 Å². The minimum atomic E-state index is 0.177. The third-order valence-corrected chi connectivity index (χ3v) is 5.41. The van der Waals surface area contributed by atoms with Crippen molar-refractivity contribution in [3.63, 3.8) is 0 Å². The molecule has 1 aromatic heterocycles. The average Bonchev–Trinajstić information content (AvgIpc) is 3.07. The van der Waals surface area contributed by atoms with E-state index in [0.717, 1.165) is 55.9 Å². The van der Waals surface area contributed by atoms with Crippen LogP contribution in [-0.2, 0) is 12.8 Å². The number of carbonyl (C=O) groups is 1. The number of H-pyrrole nitrogens is 1. The zero-order chi connectivity index (χ0) is 16.5. The molecule has 4 rings (SSSR count). The van der Waals surface area contributed by atoms with Crippen LogP contribution < -0.4 is 0 Å². The Kier molecular flexibility index (Phi) is 4.13. The van der Waals surface area contributed by atoms with Gasteiger partial charge in [-0.25, -0.2) is 4.98 Å². The monoisotopic (exact) mass is 323 g/mol. The molecule has 1 aromatic carbocycles. The quantitative estimate of drug-likeness (QED) is 0.917. The topological polar surface area (TPSA) is 49.0 Å². The third-order valence-electron chi connectivity index (χ3n) is 5.41. The summed E-state index contributed by atoms with van der Waals surface area (Å²) in [5.41, 5.74) is 4.75. The van der Waals surface area contributed by atoms with Crippen molar-refractivity contribution in [3.8, 4) is 0 Å². The van der Waals surface area contributed by atoms with Gasteiger partial charge in [0.25, 0.3) is 5.91 Å². The van der Waals surface area contributed by atoms with Crippen molar-refractivity contribution in [1.82, 2.24) is 14.9 Å². The molecule has 2 aromatic rings. The second-order valence-corrected chi connectivity index (χ2v) is 7.23. The van der Waals surface area contributed by atoms with Crippen LogP contribution in [0, 0.1) is 6.92 Å². The van der Waals surface area contributed by atoms with E-state index in [0.29, 0.717) is 5.92 Å². The molecular weight excluding hydrogens is 298 g/mol. The number of aryl methyl sites for hydroxylation is 3. The van der Waals surface area contributed by atoms with Gasteiger partial charge >= 0.3 is 0 Å². The lowest BCUT2D eigenvalue weighted by molar-refractivity contribution is 0.0704. The molecule has 1 fully saturated rings. The fourth-order valence-electron chi connectivity index (χ4n) is 4.07. The van der Waals surface area contributed by atoms with E-state index in [1.165, 1.54) is 24.0 Å². The highest BCUT2D eigenvalue weighted by atomic mass is 16.2. The maximum atomic E-state index is 13.0. The van der Waals surface area contributed by atoms with E-state index in [2.05, 4.69) is 22.1 Å². The van der Waals surface area contributed by atoms with Crippen molar-refractivity contribution in [1.29, 1.82) is 0 Å². The van der Waals surface area contributed by atoms with Gasteiger partial charge in [0, 0.05) is 36.5 Å². The van der Waals surface area contributed by atoms with E-state index in [1.807, 2.05) is 24.1 Å². The minimum Gasteiger partial charge on any atom is -0.346 e. The van der Waals surface area contributed by atoms with E-state index >= 15 is 0 Å². The number of amides is 1. The Morgan fingerprint density at radius 2 is 2.04 bits per heavy atom. The lowest BCUT2D eigenvalue weighted by atomic mass is 9.90. The molecule has 1 aliphatic heterocycles. The Labute approximate surface area is 143 Å². The zero-order valence-electron chi connectivity index (χ0n) is 14.3. The number of imidazole rings is 1. The number of nitrogens with one attached hydrogen (secondary N) is 1. The number of benzene rings is 1. The highest BCUT2D eigenvalue weighted by molar-refractivity contribution is 5.94. The first kappa shape index (κ1) is 15.4. The first-order chi connectivity index (χ1) is 11.7. The predicted octanol–water partition coefficient (Wildman–Crippen LogP) is 3.62. The molecule has 4 nitrogen and oxygen atoms in total. The highest BCUT2D eigenvalue weighted by Gasteiger charge is 2.27. The lowest BCUT2D eigenvalue weighted by Gasteiger charge is -2.32. The molecule has 24 heavy (non-hydrogen) atoms. The van der Waals surface area contributed by atoms with Gasteiger partial charge in [-0.2, -0.15) is 0 Å². The summed E-state index contributed by atoms with van der Waals surface area (Å²) in [5.74, 6) is 1.53. The Balaban J connectivity index is 1.51. The summed E-state index contributed by atoms with van der Waals surface area (Å²) in [4.78, 5) is 22.8. The zero-order valence-corrected chi connectivity index (χ0v) is 14.3. The second-order valence-electron chi connectivity index (χ2n) is 7.23. The van der Waals surface area contributed by atoms with Gasteiger partial charge in [0.15, 0.2) is 0 Å². The van der Waals surface area contributed by atoms with Gasteiger partial charge in [0.2, 0.25) is 0 Å². The van der Waals surface area contributed by atoms with Crippen LogP contribution in [0.4, 0.5) is 0 Å². The highest BCUT2D eigenvalue weighted by Crippen LogP contribution is 2.27. The third kappa shape index (κ3) is 2.97. The normalized spacial score (nSPS) is 20.7. The fraction of sp³-hybridized carbons (Fsp3) is 0.500. The fourth-order valence-corrected chi connectivity index (χ4v) is 4.07. The Bertz CT molecular complexity index is 749. The van der Waals surface area contributed by atoms with Crippen molar-refractivity contribution >= 4 is 5.91 Å². The van der Waals surface area contributed by atoms with E-state index in [-0.39, 0.29) is 5.91 Å². The molecule has 126 valence electrons. The number of carbonyl (C=O) groups excluding carboxylic acids is 1. The molecule has 0 bridgehead atoms. The Morgan fingerprint density at radius 1 is 1.21 bits per heavy atom. The average molecular weight is 323 g/mol. The van der Waals surface area contributed by atoms with Crippen LogP contribution >= 0.6 is 0 Å². The van der Waals surface area contributed by atoms with Crippen LogP contribution in [0.1, 0.15) is 64.6 Å². The molecule has 1 aliphatic carbocycles. The van der Waals surface area contributed by atoms with Gasteiger partial charge < -0.3 is 9.88 Å². The molecule has 1 unspecified atom stereocenters. The number of aromatic nitrogens is 2. The van der Waals surface area contributed by atoms with Crippen LogP contribution in [0.2, 0.25) is 0 Å². The SMILES string of the molecule is Cc1cnc(C2CCCN(C(=O)c3ccc4c(c3)CCCC4)C2)[nH]1. The number of hydrogen-bond acceptors (Lipinski definition) is 2. The lowest BCUT2D eigenvalue weighted by Crippen LogP contribution is -2.39. The standard InChI is InChI=1S/C20H25N3O/c1-14-12-21-19(22-14)18-7-4-10-23(13-18)20(24)17-9-8-15-5-2-3-6-16(15)11-17/h8-9,11-12,18H,2-7,10,13H2,1H3,(H,21,22). The second kappa shape index (κ2) is 6.42. The first-order valence-electron chi connectivity index (χ1n) is 9.13. The number of rotatable bonds is 2. The molecule has 2 aliphatic rings. The molecule has 2 heterocycles. The van der Waals surface area contributed by atoms with Crippen LogP contribution in [-0.4, -0.2) is 33.9 Å². The Hall–Kier alpha value is -2.10. The summed E-state index contributed by atoms with van der Waals surface area (Å²) < 4.78 is 0. The number of piperidine rings is 1. The molecular formula is C20H25N3O. The molecule has 0 radical (unpaired) electrons. The summed E-state index contributed by atoms with van der Waals surface area (Å²) in [7, 11) is 0. The number of aromatic amines is 1. The molecule has 4 heteroatoms. The van der Waals surface area contributed by atoms with Gasteiger partial charge in [0.1, 0.15) is 5.82 Å². The molecule has 1 amide bonds. The van der Waals surface area contributed by atoms with Gasteiger partial charge in [-0.1, -0.05) is 6.07 Å². The summed E-state index contributed by atoms with van der Waals surface area (Å²) >= 11 is 0. The van der Waals surface area contributed by atoms with Crippen molar-refractivity contribution in [3.05, 3.63) is 52.6 Å². The number of likely N-dealkylation sites (tertiary alicyclic amines) is 1.